The molecule has 1 fully saturated rings. The number of rotatable bonds is 5. The van der Waals surface area contributed by atoms with Gasteiger partial charge in [0.15, 0.2) is 10.9 Å². The Labute approximate surface area is 175 Å². The van der Waals surface area contributed by atoms with Crippen molar-refractivity contribution in [3.63, 3.8) is 0 Å². The van der Waals surface area contributed by atoms with Gasteiger partial charge in [-0.25, -0.2) is 13.8 Å². The molecule has 1 amide bonds. The van der Waals surface area contributed by atoms with E-state index >= 15 is 0 Å². The SMILES string of the molecule is O=C(c1ccc(Cl)cc1)N(CCN1CCOCC1)c1nc2c(F)cc(F)cc2s1. The van der Waals surface area contributed by atoms with Gasteiger partial charge in [0, 0.05) is 42.8 Å². The molecule has 29 heavy (non-hydrogen) atoms. The first-order chi connectivity index (χ1) is 14.0. The lowest BCUT2D eigenvalue weighted by Gasteiger charge is -2.29. The molecule has 0 unspecified atom stereocenters. The van der Waals surface area contributed by atoms with E-state index in [0.717, 1.165) is 30.5 Å². The van der Waals surface area contributed by atoms with Crippen LogP contribution in [0, 0.1) is 11.6 Å². The molecule has 1 saturated heterocycles. The van der Waals surface area contributed by atoms with E-state index in [4.69, 9.17) is 16.3 Å². The summed E-state index contributed by atoms with van der Waals surface area (Å²) in [6.07, 6.45) is 0. The van der Waals surface area contributed by atoms with Crippen molar-refractivity contribution in [2.45, 2.75) is 0 Å². The highest BCUT2D eigenvalue weighted by Crippen LogP contribution is 2.32. The Hall–Kier alpha value is -2.13. The molecule has 1 aliphatic rings. The Bertz CT molecular complexity index is 1020. The standard InChI is InChI=1S/C20H18ClF2N3O2S/c21-14-3-1-13(2-4-14)19(27)26(6-5-25-7-9-28-10-8-25)20-24-18-16(23)11-15(22)12-17(18)29-20/h1-4,11-12H,5-10H2. The van der Waals surface area contributed by atoms with Gasteiger partial charge in [-0.1, -0.05) is 22.9 Å². The van der Waals surface area contributed by atoms with Crippen LogP contribution in [0.4, 0.5) is 13.9 Å². The van der Waals surface area contributed by atoms with E-state index < -0.39 is 11.6 Å². The lowest BCUT2D eigenvalue weighted by Crippen LogP contribution is -2.43. The molecular weight excluding hydrogens is 420 g/mol. The Morgan fingerprint density at radius 3 is 2.66 bits per heavy atom. The van der Waals surface area contributed by atoms with Crippen LogP contribution in [-0.4, -0.2) is 55.2 Å². The van der Waals surface area contributed by atoms with Gasteiger partial charge in [0.05, 0.1) is 17.9 Å². The second kappa shape index (κ2) is 8.71. The molecule has 0 radical (unpaired) electrons. The van der Waals surface area contributed by atoms with Crippen LogP contribution in [0.5, 0.6) is 0 Å². The summed E-state index contributed by atoms with van der Waals surface area (Å²) in [5.74, 6) is -1.68. The van der Waals surface area contributed by atoms with E-state index in [1.165, 1.54) is 11.0 Å². The first kappa shape index (κ1) is 20.2. The third-order valence-electron chi connectivity index (χ3n) is 4.71. The Kier molecular flexibility index (Phi) is 6.05. The molecule has 9 heteroatoms. The van der Waals surface area contributed by atoms with Crippen LogP contribution in [0.2, 0.25) is 5.02 Å². The number of carbonyl (C=O) groups excluding carboxylic acids is 1. The van der Waals surface area contributed by atoms with Gasteiger partial charge < -0.3 is 4.74 Å². The summed E-state index contributed by atoms with van der Waals surface area (Å²) in [7, 11) is 0. The number of ether oxygens (including phenoxy) is 1. The van der Waals surface area contributed by atoms with E-state index in [1.54, 1.807) is 24.3 Å². The lowest BCUT2D eigenvalue weighted by atomic mass is 10.2. The molecule has 4 rings (SSSR count). The van der Waals surface area contributed by atoms with Gasteiger partial charge in [-0.15, -0.1) is 0 Å². The van der Waals surface area contributed by atoms with Crippen LogP contribution in [-0.2, 0) is 4.74 Å². The summed E-state index contributed by atoms with van der Waals surface area (Å²) in [5, 5.41) is 0.858. The largest absolute Gasteiger partial charge is 0.379 e. The molecule has 0 aliphatic carbocycles. The number of anilines is 1. The number of amides is 1. The van der Waals surface area contributed by atoms with Gasteiger partial charge in [0.2, 0.25) is 0 Å². The summed E-state index contributed by atoms with van der Waals surface area (Å²) >= 11 is 7.02. The van der Waals surface area contributed by atoms with Crippen molar-refractivity contribution in [2.75, 3.05) is 44.3 Å². The number of aromatic nitrogens is 1. The number of hydrogen-bond donors (Lipinski definition) is 0. The predicted molar refractivity (Wildman–Crippen MR) is 110 cm³/mol. The first-order valence-corrected chi connectivity index (χ1v) is 10.3. The summed E-state index contributed by atoms with van der Waals surface area (Å²) in [5.41, 5.74) is 0.508. The second-order valence-electron chi connectivity index (χ2n) is 6.65. The Balaban J connectivity index is 1.66. The number of fused-ring (bicyclic) bond motifs is 1. The van der Waals surface area contributed by atoms with E-state index in [-0.39, 0.29) is 11.4 Å². The van der Waals surface area contributed by atoms with Gasteiger partial charge in [-0.05, 0) is 30.3 Å². The fourth-order valence-corrected chi connectivity index (χ4v) is 4.31. The number of morpholine rings is 1. The van der Waals surface area contributed by atoms with Crippen molar-refractivity contribution in [3.8, 4) is 0 Å². The molecule has 1 aromatic heterocycles. The van der Waals surface area contributed by atoms with Crippen LogP contribution >= 0.6 is 22.9 Å². The number of thiazole rings is 1. The molecule has 0 saturated carbocycles. The molecule has 0 spiro atoms. The van der Waals surface area contributed by atoms with Gasteiger partial charge >= 0.3 is 0 Å². The maximum absolute atomic E-state index is 14.1. The minimum atomic E-state index is -0.741. The summed E-state index contributed by atoms with van der Waals surface area (Å²) in [4.78, 5) is 21.2. The van der Waals surface area contributed by atoms with Crippen molar-refractivity contribution in [2.24, 2.45) is 0 Å². The van der Waals surface area contributed by atoms with Crippen LogP contribution < -0.4 is 4.90 Å². The van der Waals surface area contributed by atoms with E-state index in [1.807, 2.05) is 0 Å². The average Bonchev–Trinajstić information content (AvgIpc) is 3.13. The highest BCUT2D eigenvalue weighted by Gasteiger charge is 2.24. The number of carbonyl (C=O) groups is 1. The minimum absolute atomic E-state index is 0.0617. The molecule has 152 valence electrons. The van der Waals surface area contributed by atoms with Crippen LogP contribution in [0.15, 0.2) is 36.4 Å². The fraction of sp³-hybridized carbons (Fsp3) is 0.300. The summed E-state index contributed by atoms with van der Waals surface area (Å²) in [6, 6.07) is 8.59. The molecule has 0 bridgehead atoms. The molecule has 0 N–H and O–H groups in total. The zero-order chi connectivity index (χ0) is 20.4. The Morgan fingerprint density at radius 2 is 1.93 bits per heavy atom. The first-order valence-electron chi connectivity index (χ1n) is 9.14. The van der Waals surface area contributed by atoms with Gasteiger partial charge in [0.25, 0.3) is 5.91 Å². The number of benzene rings is 2. The second-order valence-corrected chi connectivity index (χ2v) is 8.09. The van der Waals surface area contributed by atoms with Gasteiger partial charge in [0.1, 0.15) is 11.3 Å². The lowest BCUT2D eigenvalue weighted by molar-refractivity contribution is 0.0391. The zero-order valence-corrected chi connectivity index (χ0v) is 17.0. The number of nitrogens with zero attached hydrogens (tertiary/aromatic N) is 3. The maximum Gasteiger partial charge on any atom is 0.260 e. The third kappa shape index (κ3) is 4.56. The van der Waals surface area contributed by atoms with Crippen molar-refractivity contribution >= 4 is 44.2 Å². The van der Waals surface area contributed by atoms with Crippen LogP contribution in [0.1, 0.15) is 10.4 Å². The van der Waals surface area contributed by atoms with Crippen molar-refractivity contribution in [3.05, 3.63) is 58.6 Å². The van der Waals surface area contributed by atoms with Crippen molar-refractivity contribution < 1.29 is 18.3 Å². The maximum atomic E-state index is 14.1. The minimum Gasteiger partial charge on any atom is -0.379 e. The highest BCUT2D eigenvalue weighted by atomic mass is 35.5. The summed E-state index contributed by atoms with van der Waals surface area (Å²) < 4.78 is 33.4. The number of hydrogen-bond acceptors (Lipinski definition) is 5. The smallest absolute Gasteiger partial charge is 0.260 e. The van der Waals surface area contributed by atoms with E-state index in [0.29, 0.717) is 46.7 Å². The molecule has 1 aliphatic heterocycles. The Morgan fingerprint density at radius 1 is 1.21 bits per heavy atom. The van der Waals surface area contributed by atoms with Gasteiger partial charge in [-0.3, -0.25) is 14.6 Å². The van der Waals surface area contributed by atoms with E-state index in [2.05, 4.69) is 9.88 Å². The van der Waals surface area contributed by atoms with Gasteiger partial charge in [-0.2, -0.15) is 0 Å². The monoisotopic (exact) mass is 437 g/mol. The quantitative estimate of drug-likeness (QED) is 0.600. The van der Waals surface area contributed by atoms with Crippen LogP contribution in [0.25, 0.3) is 10.2 Å². The molecule has 2 heterocycles. The van der Waals surface area contributed by atoms with E-state index in [9.17, 15) is 13.6 Å². The van der Waals surface area contributed by atoms with Crippen molar-refractivity contribution in [1.82, 2.24) is 9.88 Å². The number of halogens is 3. The molecule has 3 aromatic rings. The summed E-state index contributed by atoms with van der Waals surface area (Å²) in [6.45, 7) is 3.85. The molecule has 2 aromatic carbocycles. The normalized spacial score (nSPS) is 15.0. The highest BCUT2D eigenvalue weighted by molar-refractivity contribution is 7.22. The molecular formula is C20H18ClF2N3O2S. The van der Waals surface area contributed by atoms with Crippen molar-refractivity contribution in [1.29, 1.82) is 0 Å². The predicted octanol–water partition coefficient (Wildman–Crippen LogP) is 4.21. The third-order valence-corrected chi connectivity index (χ3v) is 5.99. The topological polar surface area (TPSA) is 45.7 Å². The molecule has 5 nitrogen and oxygen atoms in total. The van der Waals surface area contributed by atoms with Crippen LogP contribution in [0.3, 0.4) is 0 Å². The molecule has 0 atom stereocenters. The fourth-order valence-electron chi connectivity index (χ4n) is 3.16. The zero-order valence-electron chi connectivity index (χ0n) is 15.4. The average molecular weight is 438 g/mol.